The summed E-state index contributed by atoms with van der Waals surface area (Å²) < 4.78 is 47.8. The minimum Gasteiger partial charge on any atom is -0.463 e. The quantitative estimate of drug-likeness (QED) is 0.0139. The lowest BCUT2D eigenvalue weighted by molar-refractivity contribution is -0.151. The van der Waals surface area contributed by atoms with Gasteiger partial charge in [-0.1, -0.05) is 98.4 Å². The van der Waals surface area contributed by atoms with Crippen LogP contribution in [0.1, 0.15) is 89.9 Å². The van der Waals surface area contributed by atoms with Crippen LogP contribution in [0, 0.1) is 5.41 Å². The lowest BCUT2D eigenvalue weighted by Gasteiger charge is -2.33. The van der Waals surface area contributed by atoms with Gasteiger partial charge >= 0.3 is 23.9 Å². The van der Waals surface area contributed by atoms with E-state index in [4.69, 9.17) is 123 Å². The molecule has 0 radical (unpaired) electrons. The van der Waals surface area contributed by atoms with Gasteiger partial charge < -0.3 is 62.8 Å². The summed E-state index contributed by atoms with van der Waals surface area (Å²) in [5.41, 5.74) is 2.09. The number of hydrogen-bond donors (Lipinski definition) is 5. The first-order valence-corrected chi connectivity index (χ1v) is 30.3. The number of unbranched alkanes of at least 4 members (excludes halogenated alkanes) is 6. The Morgan fingerprint density at radius 2 is 0.934 bits per heavy atom. The van der Waals surface area contributed by atoms with E-state index in [0.29, 0.717) is 69.4 Å². The minimum absolute atomic E-state index is 0.00463. The Balaban J connectivity index is 5.80. The Morgan fingerprint density at radius 1 is 0.513 bits per heavy atom. The zero-order valence-corrected chi connectivity index (χ0v) is 53.1. The van der Waals surface area contributed by atoms with E-state index in [0.717, 1.165) is 70.8 Å². The van der Waals surface area contributed by atoms with E-state index in [1.54, 1.807) is 22.8 Å². The number of carbonyl (C=O) groups excluding carboxylic acids is 4. The molecule has 0 aliphatic rings. The molecule has 0 amide bonds. The highest BCUT2D eigenvalue weighted by molar-refractivity contribution is 8.11. The molecule has 0 aromatic heterocycles. The number of carbonyl (C=O) groups is 4. The summed E-state index contributed by atoms with van der Waals surface area (Å²) in [4.78, 5) is 58.7. The van der Waals surface area contributed by atoms with Gasteiger partial charge in [0, 0.05) is 69.4 Å². The summed E-state index contributed by atoms with van der Waals surface area (Å²) in [7, 11) is 1.78. The van der Waals surface area contributed by atoms with Gasteiger partial charge in [-0.15, -0.1) is 37.9 Å². The van der Waals surface area contributed by atoms with Crippen LogP contribution in [0.15, 0.2) is 0 Å². The predicted octanol–water partition coefficient (Wildman–Crippen LogP) is 6.96. The fourth-order valence-corrected chi connectivity index (χ4v) is 8.42. The van der Waals surface area contributed by atoms with Crippen LogP contribution in [-0.4, -0.2) is 222 Å². The molecule has 0 fully saturated rings. The van der Waals surface area contributed by atoms with E-state index in [2.05, 4.69) is 55.8 Å². The van der Waals surface area contributed by atoms with E-state index in [1.165, 1.54) is 5.49 Å². The maximum atomic E-state index is 12.8. The Labute approximate surface area is 511 Å². The number of nitrogens with one attached hydrogen (secondary N) is 1. The van der Waals surface area contributed by atoms with Crippen LogP contribution in [0.3, 0.4) is 0 Å². The Morgan fingerprint density at radius 3 is 1.34 bits per heavy atom. The molecule has 0 heterocycles. The van der Waals surface area contributed by atoms with Crippen molar-refractivity contribution in [2.75, 3.05) is 144 Å². The van der Waals surface area contributed by atoms with Crippen molar-refractivity contribution in [2.24, 2.45) is 5.41 Å². The molecule has 17 nitrogen and oxygen atoms in total. The van der Waals surface area contributed by atoms with Gasteiger partial charge in [0.2, 0.25) is 0 Å². The monoisotopic (exact) mass is 1270 g/mol. The molecule has 0 saturated carbocycles. The molecule has 0 rings (SSSR count). The van der Waals surface area contributed by atoms with Crippen LogP contribution in [-0.2, 0) is 57.1 Å². The second-order valence-electron chi connectivity index (χ2n) is 17.3. The topological polar surface area (TPSA) is 167 Å². The highest BCUT2D eigenvalue weighted by atomic mass is 32.1. The molecular weight excluding hydrogens is 1190 g/mol. The van der Waals surface area contributed by atoms with Crippen LogP contribution >= 0.6 is 136 Å². The molecule has 1 N–H and O–H groups in total. The molecule has 0 aliphatic carbocycles. The maximum absolute atomic E-state index is 12.8. The number of rotatable bonds is 52. The molecule has 0 aromatic rings. The van der Waals surface area contributed by atoms with Crippen molar-refractivity contribution in [2.45, 2.75) is 89.9 Å². The third kappa shape index (κ3) is 44.5. The van der Waals surface area contributed by atoms with Gasteiger partial charge in [0.05, 0.1) is 99.9 Å². The van der Waals surface area contributed by atoms with Gasteiger partial charge in [0.15, 0.2) is 0 Å². The number of thiol groups is 4. The van der Waals surface area contributed by atoms with Gasteiger partial charge in [-0.05, 0) is 56.7 Å². The van der Waals surface area contributed by atoms with Gasteiger partial charge in [-0.3, -0.25) is 19.2 Å². The molecule has 0 saturated heterocycles. The predicted molar refractivity (Wildman–Crippen MR) is 342 cm³/mol. The third-order valence-corrected chi connectivity index (χ3v) is 14.0. The van der Waals surface area contributed by atoms with Gasteiger partial charge in [0.1, 0.15) is 35.1 Å². The van der Waals surface area contributed by atoms with Crippen molar-refractivity contribution in [3.8, 4) is 0 Å². The van der Waals surface area contributed by atoms with Gasteiger partial charge in [-0.25, -0.2) is 0 Å². The first-order valence-electron chi connectivity index (χ1n) is 25.3. The van der Waals surface area contributed by atoms with Crippen LogP contribution < -0.4 is 5.32 Å². The van der Waals surface area contributed by atoms with Crippen molar-refractivity contribution < 1.29 is 57.1 Å². The Bertz CT molecular complexity index is 1720. The van der Waals surface area contributed by atoms with Crippen LogP contribution in [0.2, 0.25) is 0 Å². The van der Waals surface area contributed by atoms with Crippen molar-refractivity contribution in [3.63, 3.8) is 0 Å². The molecule has 0 bridgehead atoms. The fraction of sp³-hybridized carbons (Fsp3) is 0.771. The lowest BCUT2D eigenvalue weighted by atomic mass is 9.92. The lowest BCUT2D eigenvalue weighted by Crippen LogP contribution is -2.43. The smallest absolute Gasteiger partial charge is 0.307 e. The molecule has 1 unspecified atom stereocenters. The third-order valence-electron chi connectivity index (χ3n) is 10.9. The summed E-state index contributed by atoms with van der Waals surface area (Å²) in [5.74, 6) is -1.27. The van der Waals surface area contributed by atoms with Gasteiger partial charge in [0.25, 0.3) is 0 Å². The minimum atomic E-state index is -0.996. The fourth-order valence-electron chi connectivity index (χ4n) is 6.60. The first-order chi connectivity index (χ1) is 36.5. The number of esters is 4. The van der Waals surface area contributed by atoms with Crippen molar-refractivity contribution in [1.82, 2.24) is 24.9 Å². The molecule has 0 spiro atoms. The summed E-state index contributed by atoms with van der Waals surface area (Å²) in [6, 6.07) is 0. The van der Waals surface area contributed by atoms with Crippen LogP contribution in [0.5, 0.6) is 0 Å². The molecule has 0 aromatic carbocycles. The largest absolute Gasteiger partial charge is 0.463 e. The highest BCUT2D eigenvalue weighted by Crippen LogP contribution is 2.21. The molecule has 28 heteroatoms. The van der Waals surface area contributed by atoms with Crippen molar-refractivity contribution >= 4 is 194 Å². The standard InChI is InChI=1S/C48H81N5O12S11/c1-50(40(70)33-67)20-12-41(54)62-28-24-58-34-48(35-59-25-29-63-42(55)13-21-51(38-68)17-7-2-3-10-32-66,36-60-26-30-64-43(56)14-22-52(39-69)18-9-6-16-49-46(73)74)37-61-27-31-65-44(57)15-23-53(47(75)76)19-8-4-5-11-45(71)72/h32,38-39,67H,2-31,33-37H2,1H3,(H,71,72)(H,75,76)(H2,49,73,74). The number of hydrogen-bond acceptors (Lipinski definition) is 20. The first kappa shape index (κ1) is 74.8. The number of thiocarbonyl (C=S) groups is 7. The zero-order chi connectivity index (χ0) is 56.7. The molecule has 76 heavy (non-hydrogen) atoms. The van der Waals surface area contributed by atoms with Crippen LogP contribution in [0.25, 0.3) is 0 Å². The summed E-state index contributed by atoms with van der Waals surface area (Å²) >= 11 is 52.5. The van der Waals surface area contributed by atoms with Crippen molar-refractivity contribution in [3.05, 3.63) is 0 Å². The maximum Gasteiger partial charge on any atom is 0.307 e. The normalized spacial score (nSPS) is 11.6. The van der Waals surface area contributed by atoms with Crippen LogP contribution in [0.4, 0.5) is 0 Å². The summed E-state index contributed by atoms with van der Waals surface area (Å²) in [5, 5.41) is 4.73. The van der Waals surface area contributed by atoms with Gasteiger partial charge in [-0.2, -0.15) is 12.6 Å². The molecule has 436 valence electrons. The zero-order valence-electron chi connectivity index (χ0n) is 43.8. The number of ether oxygens (including phenoxy) is 8. The van der Waals surface area contributed by atoms with E-state index < -0.39 is 29.3 Å². The second kappa shape index (κ2) is 50.7. The Hall–Kier alpha value is -1.25. The van der Waals surface area contributed by atoms with E-state index in [1.807, 2.05) is 14.7 Å². The summed E-state index contributed by atoms with van der Waals surface area (Å²) in [6.45, 7) is 4.34. The molecular formula is C48H81N5O12S11. The van der Waals surface area contributed by atoms with E-state index in [-0.39, 0.29) is 105 Å². The second-order valence-corrected chi connectivity index (χ2v) is 22.4. The average molecular weight is 1270 g/mol. The number of nitrogens with zero attached hydrogens (tertiary/aromatic N) is 4. The van der Waals surface area contributed by atoms with Crippen molar-refractivity contribution in [1.29, 1.82) is 0 Å². The van der Waals surface area contributed by atoms with E-state index in [9.17, 15) is 19.2 Å². The molecule has 0 aliphatic heterocycles. The Kier molecular flexibility index (Phi) is 49.9. The van der Waals surface area contributed by atoms with E-state index >= 15 is 0 Å². The average Bonchev–Trinajstić information content (AvgIpc) is 3.39. The highest BCUT2D eigenvalue weighted by Gasteiger charge is 2.33. The SMILES string of the molecule is CN(CCC(=O)OCCOCC(COCCOC(=O)CCN(C=S)CCCCCC=S)(COCCOC(=O)CCN(C=S)CCCCNC(=S)S)COCCOC(=O)CCN(CCCCCC(=S)S)C(=S)S)C(=S)CS. The summed E-state index contributed by atoms with van der Waals surface area (Å²) in [6.07, 6.45) is 9.51. The molecule has 1 atom stereocenters.